The molecule has 0 radical (unpaired) electrons. The molecule has 60 heavy (non-hydrogen) atoms. The van der Waals surface area contributed by atoms with E-state index in [0.29, 0.717) is 0 Å². The van der Waals surface area contributed by atoms with Crippen LogP contribution in [0.4, 0.5) is 0 Å². The fraction of sp³-hybridized carbons (Fsp3) is 0.333. The first-order valence-electron chi connectivity index (χ1n) is 18.8. The third kappa shape index (κ3) is 6.72. The van der Waals surface area contributed by atoms with Gasteiger partial charge in [-0.15, -0.1) is 0 Å². The molecule has 10 atom stereocenters. The first-order valence-corrected chi connectivity index (χ1v) is 18.8. The Labute approximate surface area is 338 Å². The number of hydrogen-bond acceptors (Lipinski definition) is 16. The van der Waals surface area contributed by atoms with Crippen molar-refractivity contribution in [2.45, 2.75) is 73.9 Å². The molecule has 4 aromatic rings. The van der Waals surface area contributed by atoms with E-state index in [1.165, 1.54) is 48.5 Å². The fourth-order valence-electron chi connectivity index (χ4n) is 8.70. The highest BCUT2D eigenvalue weighted by Crippen LogP contribution is 2.56. The molecule has 1 unspecified atom stereocenters. The maximum atomic E-state index is 14.6. The van der Waals surface area contributed by atoms with Gasteiger partial charge >= 0.3 is 11.9 Å². The van der Waals surface area contributed by atoms with Crippen LogP contribution in [0.3, 0.4) is 0 Å². The standard InChI is InChI=1S/C42H38O18/c43-13-27-37(49)23(47)11-29(59-27)57-25-5-1-3-17-31(19-7-15(41(53)54)9-21(45)33(19)39(51)35(17)25)32-18-4-2-6-26(58-30-12-24(48)38(50)28(14-44)60-30)36(18)40(52)34-20(32)8-16(42(55)56)10-22(34)46/h1-10,23-24,27-32,37-38,43-50H,11-14H2,(H,53,54)(H,55,56)/t23-,24-,27-,28-,29-,30?,31-,32-,37+,38+/m1/s1. The molecule has 2 saturated heterocycles. The molecule has 0 amide bonds. The lowest BCUT2D eigenvalue weighted by molar-refractivity contribution is -0.230. The van der Waals surface area contributed by atoms with Gasteiger partial charge in [0, 0.05) is 24.7 Å². The molecule has 0 aromatic heterocycles. The van der Waals surface area contributed by atoms with Gasteiger partial charge in [-0.05, 0) is 58.7 Å². The van der Waals surface area contributed by atoms with Crippen molar-refractivity contribution in [3.8, 4) is 23.0 Å². The topological polar surface area (TPSA) is 307 Å². The van der Waals surface area contributed by atoms with Crippen LogP contribution in [0.1, 0.15) is 99.5 Å². The second-order valence-electron chi connectivity index (χ2n) is 15.0. The number of carboxylic acids is 2. The van der Waals surface area contributed by atoms with Crippen LogP contribution >= 0.6 is 0 Å². The molecule has 2 aliphatic carbocycles. The van der Waals surface area contributed by atoms with Gasteiger partial charge in [-0.25, -0.2) is 9.59 Å². The van der Waals surface area contributed by atoms with Crippen LogP contribution in [0.15, 0.2) is 60.7 Å². The van der Waals surface area contributed by atoms with E-state index >= 15 is 0 Å². The highest BCUT2D eigenvalue weighted by Gasteiger charge is 2.47. The third-order valence-corrected chi connectivity index (χ3v) is 11.4. The summed E-state index contributed by atoms with van der Waals surface area (Å²) in [4.78, 5) is 54.2. The molecular weight excluding hydrogens is 792 g/mol. The predicted molar refractivity (Wildman–Crippen MR) is 200 cm³/mol. The van der Waals surface area contributed by atoms with Crippen molar-refractivity contribution in [3.05, 3.63) is 116 Å². The maximum Gasteiger partial charge on any atom is 0.335 e. The van der Waals surface area contributed by atoms with E-state index in [1.54, 1.807) is 0 Å². The number of aromatic hydroxyl groups is 2. The quantitative estimate of drug-likeness (QED) is 0.112. The van der Waals surface area contributed by atoms with E-state index in [4.69, 9.17) is 18.9 Å². The number of carboxylic acid groups (broad SMARTS) is 2. The number of ether oxygens (including phenoxy) is 4. The van der Waals surface area contributed by atoms with E-state index in [-0.39, 0.29) is 68.8 Å². The molecule has 314 valence electrons. The van der Waals surface area contributed by atoms with E-state index in [1.807, 2.05) is 0 Å². The molecular formula is C42H38O18. The van der Waals surface area contributed by atoms with Crippen LogP contribution in [0.2, 0.25) is 0 Å². The Hall–Kier alpha value is -5.96. The van der Waals surface area contributed by atoms with E-state index in [0.717, 1.165) is 12.1 Å². The summed E-state index contributed by atoms with van der Waals surface area (Å²) in [5.41, 5.74) is -1.82. The van der Waals surface area contributed by atoms with Gasteiger partial charge in [-0.3, -0.25) is 9.59 Å². The number of carbonyl (C=O) groups excluding carboxylic acids is 2. The minimum absolute atomic E-state index is 0.0591. The largest absolute Gasteiger partial charge is 0.507 e. The summed E-state index contributed by atoms with van der Waals surface area (Å²) >= 11 is 0. The van der Waals surface area contributed by atoms with E-state index in [2.05, 4.69) is 0 Å². The summed E-state index contributed by atoms with van der Waals surface area (Å²) in [6.07, 6.45) is -11.5. The third-order valence-electron chi connectivity index (χ3n) is 11.4. The molecule has 4 aliphatic rings. The number of fused-ring (bicyclic) bond motifs is 4. The number of aliphatic hydroxyl groups is 6. The molecule has 0 bridgehead atoms. The van der Waals surface area contributed by atoms with Gasteiger partial charge < -0.3 is 70.0 Å². The average molecular weight is 831 g/mol. The molecule has 2 heterocycles. The predicted octanol–water partition coefficient (Wildman–Crippen LogP) is 0.963. The summed E-state index contributed by atoms with van der Waals surface area (Å²) in [5, 5.41) is 104. The molecule has 2 fully saturated rings. The monoisotopic (exact) mass is 830 g/mol. The van der Waals surface area contributed by atoms with Crippen LogP contribution in [0.5, 0.6) is 23.0 Å². The smallest absolute Gasteiger partial charge is 0.335 e. The summed E-state index contributed by atoms with van der Waals surface area (Å²) in [6.45, 7) is -1.38. The number of phenolic OH excluding ortho intramolecular Hbond substituents is 2. The van der Waals surface area contributed by atoms with Crippen molar-refractivity contribution in [2.75, 3.05) is 13.2 Å². The molecule has 4 aromatic carbocycles. The van der Waals surface area contributed by atoms with Crippen LogP contribution < -0.4 is 9.47 Å². The lowest BCUT2D eigenvalue weighted by Gasteiger charge is -2.40. The van der Waals surface area contributed by atoms with Gasteiger partial charge in [-0.2, -0.15) is 0 Å². The zero-order chi connectivity index (χ0) is 42.9. The first kappa shape index (κ1) is 40.8. The van der Waals surface area contributed by atoms with Crippen LogP contribution in [-0.2, 0) is 9.47 Å². The van der Waals surface area contributed by atoms with Crippen LogP contribution in [-0.4, -0.2) is 137 Å². The van der Waals surface area contributed by atoms with Gasteiger partial charge in [0.1, 0.15) is 47.4 Å². The minimum atomic E-state index is -1.47. The van der Waals surface area contributed by atoms with Gasteiger partial charge in [0.05, 0.1) is 58.8 Å². The Morgan fingerprint density at radius 3 is 1.32 bits per heavy atom. The number of phenols is 2. The van der Waals surface area contributed by atoms with E-state index in [9.17, 15) is 70.2 Å². The highest BCUT2D eigenvalue weighted by molar-refractivity contribution is 6.18. The first-order chi connectivity index (χ1) is 28.6. The molecule has 18 nitrogen and oxygen atoms in total. The summed E-state index contributed by atoms with van der Waals surface area (Å²) in [6, 6.07) is 12.8. The Morgan fingerprint density at radius 1 is 0.583 bits per heavy atom. The van der Waals surface area contributed by atoms with Gasteiger partial charge in [0.2, 0.25) is 24.1 Å². The van der Waals surface area contributed by atoms with Crippen molar-refractivity contribution in [2.24, 2.45) is 0 Å². The lowest BCUT2D eigenvalue weighted by Crippen LogP contribution is -2.51. The number of benzene rings is 4. The molecule has 18 heteroatoms. The number of rotatable bonds is 9. The Kier molecular flexibility index (Phi) is 10.6. The van der Waals surface area contributed by atoms with Crippen molar-refractivity contribution in [1.29, 1.82) is 0 Å². The second-order valence-corrected chi connectivity index (χ2v) is 15.0. The summed E-state index contributed by atoms with van der Waals surface area (Å²) in [7, 11) is 0. The zero-order valence-electron chi connectivity index (χ0n) is 31.1. The van der Waals surface area contributed by atoms with Crippen molar-refractivity contribution in [1.82, 2.24) is 0 Å². The molecule has 8 rings (SSSR count). The minimum Gasteiger partial charge on any atom is -0.507 e. The van der Waals surface area contributed by atoms with Crippen LogP contribution in [0.25, 0.3) is 0 Å². The Balaban J connectivity index is 1.37. The fourth-order valence-corrected chi connectivity index (χ4v) is 8.70. The number of hydrogen-bond donors (Lipinski definition) is 10. The van der Waals surface area contributed by atoms with Crippen molar-refractivity contribution >= 4 is 23.5 Å². The summed E-state index contributed by atoms with van der Waals surface area (Å²) < 4.78 is 23.6. The maximum absolute atomic E-state index is 14.6. The van der Waals surface area contributed by atoms with Gasteiger partial charge in [0.25, 0.3) is 0 Å². The highest BCUT2D eigenvalue weighted by atomic mass is 16.7. The number of aromatic carboxylic acids is 2. The number of aliphatic hydroxyl groups excluding tert-OH is 6. The van der Waals surface area contributed by atoms with Crippen LogP contribution in [0, 0.1) is 0 Å². The zero-order valence-corrected chi connectivity index (χ0v) is 31.1. The molecule has 0 spiro atoms. The number of carbonyl (C=O) groups is 4. The molecule has 0 saturated carbocycles. The molecule has 10 N–H and O–H groups in total. The Bertz CT molecular complexity index is 2260. The van der Waals surface area contributed by atoms with Crippen molar-refractivity contribution < 1.29 is 89.2 Å². The normalized spacial score (nSPS) is 28.2. The van der Waals surface area contributed by atoms with Gasteiger partial charge in [-0.1, -0.05) is 24.3 Å². The number of ketones is 2. The van der Waals surface area contributed by atoms with Gasteiger partial charge in [0.15, 0.2) is 0 Å². The lowest BCUT2D eigenvalue weighted by atomic mass is 9.63. The molecule has 2 aliphatic heterocycles. The van der Waals surface area contributed by atoms with E-state index < -0.39 is 120 Å². The average Bonchev–Trinajstić information content (AvgIpc) is 3.20. The summed E-state index contributed by atoms with van der Waals surface area (Å²) in [5.74, 6) is -8.97. The Morgan fingerprint density at radius 2 is 0.967 bits per heavy atom. The second kappa shape index (κ2) is 15.6. The SMILES string of the molecule is O=C(O)c1cc(O)c2c(c1)[C@H]([C@H]1c3cc(C(=O)O)cc(O)c3C(=O)c3c(O[C@H]4C[C@@H](O)[C@H](O)[C@@H](CO)O4)cccc31)c1cccc(OC3C[C@@H](O)[C@H](O)[C@@H](CO)O3)c1C2=O. The van der Waals surface area contributed by atoms with Crippen molar-refractivity contribution in [3.63, 3.8) is 0 Å².